The van der Waals surface area contributed by atoms with Gasteiger partial charge in [-0.05, 0) is 75.4 Å². The van der Waals surface area contributed by atoms with Gasteiger partial charge in [0.05, 0.1) is 11.6 Å². The molecule has 1 unspecified atom stereocenters. The van der Waals surface area contributed by atoms with Gasteiger partial charge in [-0.25, -0.2) is 4.79 Å². The highest BCUT2D eigenvalue weighted by atomic mass is 16.6. The summed E-state index contributed by atoms with van der Waals surface area (Å²) in [5, 5.41) is 12.5. The number of ether oxygens (including phenoxy) is 2. The molecule has 0 fully saturated rings. The lowest BCUT2D eigenvalue weighted by Crippen LogP contribution is -2.42. The Morgan fingerprint density at radius 3 is 2.50 bits per heavy atom. The molecule has 30 heavy (non-hydrogen) atoms. The number of carbonyl (C=O) groups is 1. The molecule has 0 spiro atoms. The van der Waals surface area contributed by atoms with Crippen LogP contribution in [0.2, 0.25) is 0 Å². The standard InChI is InChI=1S/C24H31N3O3/c1-16(2)11-21(27-23(28)30-24(4,5)6)15-29-22-8-7-18(13-20(22)14-25)19-9-10-26-17(3)12-19/h7-10,12-13,16,21H,11,15H2,1-6H3,(H,27,28). The van der Waals surface area contributed by atoms with Crippen molar-refractivity contribution in [3.63, 3.8) is 0 Å². The average Bonchev–Trinajstić information content (AvgIpc) is 2.64. The highest BCUT2D eigenvalue weighted by Crippen LogP contribution is 2.27. The van der Waals surface area contributed by atoms with Crippen LogP contribution in [0.5, 0.6) is 5.75 Å². The number of aromatic nitrogens is 1. The Hall–Kier alpha value is -3.07. The highest BCUT2D eigenvalue weighted by molar-refractivity contribution is 5.68. The van der Waals surface area contributed by atoms with E-state index in [4.69, 9.17) is 9.47 Å². The van der Waals surface area contributed by atoms with Crippen LogP contribution in [0, 0.1) is 24.2 Å². The number of alkyl carbamates (subject to hydrolysis) is 1. The number of nitrogens with zero attached hydrogens (tertiary/aromatic N) is 2. The van der Waals surface area contributed by atoms with Gasteiger partial charge in [-0.1, -0.05) is 19.9 Å². The SMILES string of the molecule is Cc1cc(-c2ccc(OCC(CC(C)C)NC(=O)OC(C)(C)C)c(C#N)c2)ccn1. The van der Waals surface area contributed by atoms with Crippen LogP contribution >= 0.6 is 0 Å². The van der Waals surface area contributed by atoms with E-state index in [2.05, 4.69) is 30.2 Å². The zero-order valence-electron chi connectivity index (χ0n) is 18.7. The second kappa shape index (κ2) is 10.1. The summed E-state index contributed by atoms with van der Waals surface area (Å²) in [5.41, 5.74) is 2.71. The van der Waals surface area contributed by atoms with Crippen molar-refractivity contribution >= 4 is 6.09 Å². The van der Waals surface area contributed by atoms with E-state index >= 15 is 0 Å². The normalized spacial score (nSPS) is 12.2. The third kappa shape index (κ3) is 7.40. The van der Waals surface area contributed by atoms with E-state index in [1.165, 1.54) is 0 Å². The molecule has 0 bridgehead atoms. The first-order chi connectivity index (χ1) is 14.1. The first-order valence-corrected chi connectivity index (χ1v) is 10.2. The third-order valence-corrected chi connectivity index (χ3v) is 4.25. The largest absolute Gasteiger partial charge is 0.490 e. The van der Waals surface area contributed by atoms with Crippen LogP contribution in [0.1, 0.15) is 52.3 Å². The van der Waals surface area contributed by atoms with E-state index in [0.29, 0.717) is 17.2 Å². The molecule has 2 rings (SSSR count). The molecule has 6 heteroatoms. The summed E-state index contributed by atoms with van der Waals surface area (Å²) in [6.45, 7) is 11.8. The summed E-state index contributed by atoms with van der Waals surface area (Å²) in [6, 6.07) is 11.4. The average molecular weight is 410 g/mol. The van der Waals surface area contributed by atoms with Crippen molar-refractivity contribution in [2.24, 2.45) is 5.92 Å². The summed E-state index contributed by atoms with van der Waals surface area (Å²) in [6.07, 6.45) is 2.01. The maximum absolute atomic E-state index is 12.2. The molecule has 0 saturated carbocycles. The molecule has 1 heterocycles. The zero-order valence-corrected chi connectivity index (χ0v) is 18.7. The first-order valence-electron chi connectivity index (χ1n) is 10.2. The number of amides is 1. The van der Waals surface area contributed by atoms with E-state index in [1.54, 1.807) is 12.3 Å². The molecule has 1 aromatic heterocycles. The Labute approximate surface area is 179 Å². The molecule has 1 amide bonds. The summed E-state index contributed by atoms with van der Waals surface area (Å²) in [4.78, 5) is 16.4. The summed E-state index contributed by atoms with van der Waals surface area (Å²) in [7, 11) is 0. The maximum Gasteiger partial charge on any atom is 0.407 e. The molecule has 6 nitrogen and oxygen atoms in total. The fourth-order valence-electron chi connectivity index (χ4n) is 3.05. The third-order valence-electron chi connectivity index (χ3n) is 4.25. The van der Waals surface area contributed by atoms with E-state index in [1.807, 2.05) is 52.0 Å². The molecule has 2 aromatic rings. The van der Waals surface area contributed by atoms with Gasteiger partial charge < -0.3 is 14.8 Å². The topological polar surface area (TPSA) is 84.2 Å². The van der Waals surface area contributed by atoms with E-state index in [9.17, 15) is 10.1 Å². The van der Waals surface area contributed by atoms with Crippen molar-refractivity contribution in [2.75, 3.05) is 6.61 Å². The molecule has 1 atom stereocenters. The van der Waals surface area contributed by atoms with Gasteiger partial charge in [0.15, 0.2) is 0 Å². The van der Waals surface area contributed by atoms with Gasteiger partial charge in [-0.3, -0.25) is 4.98 Å². The van der Waals surface area contributed by atoms with Crippen molar-refractivity contribution in [3.05, 3.63) is 47.8 Å². The van der Waals surface area contributed by atoms with Gasteiger partial charge >= 0.3 is 6.09 Å². The van der Waals surface area contributed by atoms with Crippen molar-refractivity contribution < 1.29 is 14.3 Å². The fraction of sp³-hybridized carbons (Fsp3) is 0.458. The van der Waals surface area contributed by atoms with E-state index in [-0.39, 0.29) is 12.6 Å². The lowest BCUT2D eigenvalue weighted by molar-refractivity contribution is 0.0480. The summed E-state index contributed by atoms with van der Waals surface area (Å²) < 4.78 is 11.3. The van der Waals surface area contributed by atoms with Crippen LogP contribution in [0.15, 0.2) is 36.5 Å². The Balaban J connectivity index is 2.12. The van der Waals surface area contributed by atoms with Crippen LogP contribution in [0.25, 0.3) is 11.1 Å². The van der Waals surface area contributed by atoms with Crippen molar-refractivity contribution in [2.45, 2.75) is 59.6 Å². The lowest BCUT2D eigenvalue weighted by atomic mass is 10.0. The number of benzene rings is 1. The van der Waals surface area contributed by atoms with Crippen LogP contribution in [0.4, 0.5) is 4.79 Å². The Morgan fingerprint density at radius 1 is 1.20 bits per heavy atom. The van der Waals surface area contributed by atoms with Gasteiger partial charge in [0, 0.05) is 11.9 Å². The Kier molecular flexibility index (Phi) is 7.82. The number of hydrogen-bond acceptors (Lipinski definition) is 5. The first kappa shape index (κ1) is 23.2. The highest BCUT2D eigenvalue weighted by Gasteiger charge is 2.21. The molecule has 0 aliphatic carbocycles. The van der Waals surface area contributed by atoms with Gasteiger partial charge in [0.1, 0.15) is 24.0 Å². The smallest absolute Gasteiger partial charge is 0.407 e. The number of hydrogen-bond donors (Lipinski definition) is 1. The van der Waals surface area contributed by atoms with E-state index < -0.39 is 11.7 Å². The number of aryl methyl sites for hydroxylation is 1. The summed E-state index contributed by atoms with van der Waals surface area (Å²) in [5.74, 6) is 0.855. The zero-order chi connectivity index (χ0) is 22.3. The monoisotopic (exact) mass is 409 g/mol. The van der Waals surface area contributed by atoms with E-state index in [0.717, 1.165) is 23.2 Å². The van der Waals surface area contributed by atoms with Gasteiger partial charge in [-0.15, -0.1) is 0 Å². The molecular weight excluding hydrogens is 378 g/mol. The molecule has 1 aromatic carbocycles. The van der Waals surface area contributed by atoms with Crippen LogP contribution in [0.3, 0.4) is 0 Å². The van der Waals surface area contributed by atoms with Gasteiger partial charge in [0.2, 0.25) is 0 Å². The number of pyridine rings is 1. The molecule has 0 radical (unpaired) electrons. The van der Waals surface area contributed by atoms with Gasteiger partial charge in [-0.2, -0.15) is 5.26 Å². The van der Waals surface area contributed by atoms with Crippen LogP contribution in [-0.2, 0) is 4.74 Å². The Bertz CT molecular complexity index is 911. The summed E-state index contributed by atoms with van der Waals surface area (Å²) >= 11 is 0. The maximum atomic E-state index is 12.2. The number of nitriles is 1. The molecule has 1 N–H and O–H groups in total. The fourth-order valence-corrected chi connectivity index (χ4v) is 3.05. The Morgan fingerprint density at radius 2 is 1.90 bits per heavy atom. The molecule has 160 valence electrons. The van der Waals surface area contributed by atoms with Gasteiger partial charge in [0.25, 0.3) is 0 Å². The predicted octanol–water partition coefficient (Wildman–Crippen LogP) is 5.25. The minimum absolute atomic E-state index is 0.228. The second-order valence-corrected chi connectivity index (χ2v) is 8.79. The molecular formula is C24H31N3O3. The lowest BCUT2D eigenvalue weighted by Gasteiger charge is -2.25. The number of nitrogens with one attached hydrogen (secondary N) is 1. The molecule has 0 saturated heterocycles. The number of rotatable bonds is 7. The predicted molar refractivity (Wildman–Crippen MR) is 117 cm³/mol. The molecule has 0 aliphatic rings. The molecule has 0 aliphatic heterocycles. The number of carbonyl (C=O) groups excluding carboxylic acids is 1. The minimum Gasteiger partial charge on any atom is -0.490 e. The van der Waals surface area contributed by atoms with Crippen molar-refractivity contribution in [1.82, 2.24) is 10.3 Å². The van der Waals surface area contributed by atoms with Crippen LogP contribution in [-0.4, -0.2) is 29.3 Å². The van der Waals surface area contributed by atoms with Crippen molar-refractivity contribution in [1.29, 1.82) is 5.26 Å². The minimum atomic E-state index is -0.567. The second-order valence-electron chi connectivity index (χ2n) is 8.79. The van der Waals surface area contributed by atoms with Crippen LogP contribution < -0.4 is 10.1 Å². The quantitative estimate of drug-likeness (QED) is 0.675. The van der Waals surface area contributed by atoms with Crippen molar-refractivity contribution in [3.8, 4) is 22.9 Å².